The van der Waals surface area contributed by atoms with Gasteiger partial charge in [-0.05, 0) is 37.3 Å². The summed E-state index contributed by atoms with van der Waals surface area (Å²) in [7, 11) is 0. The lowest BCUT2D eigenvalue weighted by atomic mass is 10.1. The molecule has 0 unspecified atom stereocenters. The number of hydrogen-bond acceptors (Lipinski definition) is 3. The van der Waals surface area contributed by atoms with Crippen LogP contribution in [0.1, 0.15) is 16.1 Å². The third-order valence-electron chi connectivity index (χ3n) is 3.40. The molecule has 0 atom stereocenters. The van der Waals surface area contributed by atoms with Crippen LogP contribution in [0.2, 0.25) is 0 Å². The largest absolute Gasteiger partial charge is 0.477 e. The third-order valence-corrected chi connectivity index (χ3v) is 3.40. The third kappa shape index (κ3) is 2.44. The Balaban J connectivity index is 2.11. The number of ether oxygens (including phenoxy) is 1. The van der Waals surface area contributed by atoms with Crippen LogP contribution in [0.25, 0.3) is 10.9 Å². The van der Waals surface area contributed by atoms with Gasteiger partial charge in [0.05, 0.1) is 5.52 Å². The van der Waals surface area contributed by atoms with E-state index >= 15 is 0 Å². The van der Waals surface area contributed by atoms with Crippen molar-refractivity contribution in [2.45, 2.75) is 6.92 Å². The summed E-state index contributed by atoms with van der Waals surface area (Å²) in [6.07, 6.45) is 0. The lowest BCUT2D eigenvalue weighted by molar-refractivity contribution is 0.0690. The summed E-state index contributed by atoms with van der Waals surface area (Å²) >= 11 is 0. The molecule has 1 heterocycles. The quantitative estimate of drug-likeness (QED) is 0.776. The van der Waals surface area contributed by atoms with Gasteiger partial charge in [0, 0.05) is 10.9 Å². The molecule has 0 fully saturated rings. The fraction of sp³-hybridized carbons (Fsp3) is 0.0588. The van der Waals surface area contributed by atoms with Crippen molar-refractivity contribution in [3.05, 3.63) is 70.0 Å². The molecule has 5 nitrogen and oxygen atoms in total. The fourth-order valence-corrected chi connectivity index (χ4v) is 2.27. The summed E-state index contributed by atoms with van der Waals surface area (Å²) in [5.41, 5.74) is 0.240. The Morgan fingerprint density at radius 2 is 1.82 bits per heavy atom. The molecule has 2 aromatic carbocycles. The van der Waals surface area contributed by atoms with Gasteiger partial charge in [0.25, 0.3) is 0 Å². The molecule has 0 amide bonds. The topological polar surface area (TPSA) is 79.4 Å². The maximum Gasteiger partial charge on any atom is 0.352 e. The van der Waals surface area contributed by atoms with E-state index in [0.717, 1.165) is 0 Å². The molecule has 5 heteroatoms. The molecule has 3 aromatic rings. The number of pyridine rings is 1. The zero-order valence-corrected chi connectivity index (χ0v) is 11.8. The minimum absolute atomic E-state index is 0.0887. The van der Waals surface area contributed by atoms with Crippen LogP contribution in [0.15, 0.2) is 53.3 Å². The second-order valence-electron chi connectivity index (χ2n) is 4.88. The second-order valence-corrected chi connectivity index (χ2v) is 4.88. The van der Waals surface area contributed by atoms with Crippen molar-refractivity contribution in [2.75, 3.05) is 0 Å². The smallest absolute Gasteiger partial charge is 0.352 e. The zero-order valence-electron chi connectivity index (χ0n) is 11.8. The fourth-order valence-electron chi connectivity index (χ4n) is 2.27. The van der Waals surface area contributed by atoms with Crippen LogP contribution >= 0.6 is 0 Å². The zero-order chi connectivity index (χ0) is 15.7. The number of H-pyrrole nitrogens is 1. The minimum atomic E-state index is -1.15. The van der Waals surface area contributed by atoms with E-state index in [2.05, 4.69) is 4.98 Å². The minimum Gasteiger partial charge on any atom is -0.477 e. The first kappa shape index (κ1) is 13.9. The summed E-state index contributed by atoms with van der Waals surface area (Å²) in [4.78, 5) is 26.2. The Kier molecular flexibility index (Phi) is 3.39. The van der Waals surface area contributed by atoms with Gasteiger partial charge in [-0.2, -0.15) is 0 Å². The number of carbonyl (C=O) groups is 1. The Morgan fingerprint density at radius 1 is 1.09 bits per heavy atom. The van der Waals surface area contributed by atoms with Crippen LogP contribution in [-0.2, 0) is 0 Å². The van der Waals surface area contributed by atoms with Gasteiger partial charge in [-0.1, -0.05) is 18.2 Å². The molecule has 0 radical (unpaired) electrons. The van der Waals surface area contributed by atoms with E-state index in [1.165, 1.54) is 6.92 Å². The van der Waals surface area contributed by atoms with Crippen molar-refractivity contribution in [3.8, 4) is 11.5 Å². The van der Waals surface area contributed by atoms with E-state index in [1.54, 1.807) is 18.2 Å². The van der Waals surface area contributed by atoms with Crippen molar-refractivity contribution in [1.29, 1.82) is 0 Å². The van der Waals surface area contributed by atoms with Crippen molar-refractivity contribution >= 4 is 16.9 Å². The molecular weight excluding hydrogens is 282 g/mol. The van der Waals surface area contributed by atoms with Gasteiger partial charge in [-0.25, -0.2) is 4.79 Å². The number of carboxylic acids is 1. The number of rotatable bonds is 3. The molecule has 0 saturated heterocycles. The molecule has 1 aromatic heterocycles. The Morgan fingerprint density at radius 3 is 2.50 bits per heavy atom. The number of aromatic amines is 1. The van der Waals surface area contributed by atoms with Gasteiger partial charge in [-0.3, -0.25) is 4.79 Å². The van der Waals surface area contributed by atoms with E-state index in [4.69, 9.17) is 9.84 Å². The molecule has 22 heavy (non-hydrogen) atoms. The van der Waals surface area contributed by atoms with Gasteiger partial charge in [0.1, 0.15) is 17.2 Å². The number of aromatic nitrogens is 1. The lowest BCUT2D eigenvalue weighted by Crippen LogP contribution is -2.15. The molecule has 0 aliphatic rings. The number of para-hydroxylation sites is 1. The average molecular weight is 295 g/mol. The van der Waals surface area contributed by atoms with E-state index < -0.39 is 5.97 Å². The highest BCUT2D eigenvalue weighted by Crippen LogP contribution is 2.24. The molecule has 110 valence electrons. The average Bonchev–Trinajstić information content (AvgIpc) is 2.52. The normalized spacial score (nSPS) is 10.6. The number of benzene rings is 2. The molecular formula is C17H13NO4. The van der Waals surface area contributed by atoms with Gasteiger partial charge < -0.3 is 14.8 Å². The van der Waals surface area contributed by atoms with E-state index in [-0.39, 0.29) is 16.7 Å². The highest BCUT2D eigenvalue weighted by Gasteiger charge is 2.14. The predicted octanol–water partition coefficient (Wildman–Crippen LogP) is 3.33. The molecule has 0 aliphatic heterocycles. The first-order valence-electron chi connectivity index (χ1n) is 6.69. The first-order valence-corrected chi connectivity index (χ1v) is 6.69. The van der Waals surface area contributed by atoms with Crippen LogP contribution in [0.3, 0.4) is 0 Å². The summed E-state index contributed by atoms with van der Waals surface area (Å²) in [6.45, 7) is 1.49. The van der Waals surface area contributed by atoms with Crippen LogP contribution in [-0.4, -0.2) is 16.1 Å². The van der Waals surface area contributed by atoms with Crippen molar-refractivity contribution in [2.24, 2.45) is 0 Å². The lowest BCUT2D eigenvalue weighted by Gasteiger charge is -2.08. The van der Waals surface area contributed by atoms with Gasteiger partial charge in [0.2, 0.25) is 0 Å². The van der Waals surface area contributed by atoms with Gasteiger partial charge in [0.15, 0.2) is 5.43 Å². The van der Waals surface area contributed by atoms with Crippen molar-refractivity contribution in [3.63, 3.8) is 0 Å². The van der Waals surface area contributed by atoms with Crippen molar-refractivity contribution in [1.82, 2.24) is 4.98 Å². The van der Waals surface area contributed by atoms with Gasteiger partial charge in [-0.15, -0.1) is 0 Å². The number of fused-ring (bicyclic) bond motifs is 1. The van der Waals surface area contributed by atoms with E-state index in [9.17, 15) is 9.59 Å². The Hall–Kier alpha value is -3.08. The number of nitrogens with one attached hydrogen (secondary N) is 1. The highest BCUT2D eigenvalue weighted by atomic mass is 16.5. The van der Waals surface area contributed by atoms with Crippen molar-refractivity contribution < 1.29 is 14.6 Å². The van der Waals surface area contributed by atoms with Gasteiger partial charge >= 0.3 is 5.97 Å². The predicted molar refractivity (Wildman–Crippen MR) is 82.8 cm³/mol. The summed E-state index contributed by atoms with van der Waals surface area (Å²) in [6, 6.07) is 14.2. The standard InChI is InChI=1S/C17H13NO4/c1-10-15(17(20)21)18-14-8-7-12(9-13(14)16(10)19)22-11-5-3-2-4-6-11/h2-9H,1H3,(H,18,19)(H,20,21). The highest BCUT2D eigenvalue weighted by molar-refractivity contribution is 5.91. The Labute approximate surface area is 125 Å². The summed E-state index contributed by atoms with van der Waals surface area (Å²) < 4.78 is 5.69. The van der Waals surface area contributed by atoms with E-state index in [0.29, 0.717) is 22.4 Å². The SMILES string of the molecule is Cc1c(C(=O)O)[nH]c2ccc(Oc3ccccc3)cc2c1=O. The summed E-state index contributed by atoms with van der Waals surface area (Å²) in [5.74, 6) is 0.0324. The molecule has 0 spiro atoms. The second kappa shape index (κ2) is 5.37. The monoisotopic (exact) mass is 295 g/mol. The number of carboxylic acid groups (broad SMARTS) is 1. The maximum absolute atomic E-state index is 12.3. The van der Waals surface area contributed by atoms with Crippen LogP contribution in [0, 0.1) is 6.92 Å². The van der Waals surface area contributed by atoms with Crippen LogP contribution in [0.5, 0.6) is 11.5 Å². The Bertz CT molecular complexity index is 913. The molecule has 3 rings (SSSR count). The molecule has 0 aliphatic carbocycles. The summed E-state index contributed by atoms with van der Waals surface area (Å²) in [5, 5.41) is 9.50. The van der Waals surface area contributed by atoms with Crippen LogP contribution in [0.4, 0.5) is 0 Å². The molecule has 2 N–H and O–H groups in total. The number of hydrogen-bond donors (Lipinski definition) is 2. The first-order chi connectivity index (χ1) is 10.6. The van der Waals surface area contributed by atoms with E-state index in [1.807, 2.05) is 30.3 Å². The molecule has 0 saturated carbocycles. The molecule has 0 bridgehead atoms. The number of aromatic carboxylic acids is 1. The van der Waals surface area contributed by atoms with Crippen LogP contribution < -0.4 is 10.2 Å². The maximum atomic E-state index is 12.3.